The molecule has 0 bridgehead atoms. The molecule has 3 heteroatoms. The Bertz CT molecular complexity index is 448. The molecule has 0 radical (unpaired) electrons. The summed E-state index contributed by atoms with van der Waals surface area (Å²) in [4.78, 5) is 0. The monoisotopic (exact) mass is 290 g/mol. The fourth-order valence-corrected chi connectivity index (χ4v) is 3.88. The van der Waals surface area contributed by atoms with Crippen molar-refractivity contribution in [3.05, 3.63) is 29.8 Å². The molecule has 116 valence electrons. The zero-order valence-corrected chi connectivity index (χ0v) is 12.9. The molecule has 3 nitrogen and oxygen atoms in total. The Balaban J connectivity index is 1.61. The second kappa shape index (κ2) is 6.37. The zero-order chi connectivity index (χ0) is 14.7. The quantitative estimate of drug-likeness (QED) is 0.904. The molecule has 2 fully saturated rings. The molecule has 2 unspecified atom stereocenters. The summed E-state index contributed by atoms with van der Waals surface area (Å²) in [5.74, 6) is 0.929. The largest absolute Gasteiger partial charge is 0.490 e. The lowest BCUT2D eigenvalue weighted by atomic mass is 9.56. The van der Waals surface area contributed by atoms with Crippen molar-refractivity contribution in [3.63, 3.8) is 0 Å². The van der Waals surface area contributed by atoms with E-state index in [1.165, 1.54) is 24.8 Å². The molecule has 2 aliphatic carbocycles. The molecule has 2 saturated carbocycles. The van der Waals surface area contributed by atoms with E-state index in [0.717, 1.165) is 38.0 Å². The third kappa shape index (κ3) is 2.95. The van der Waals surface area contributed by atoms with Crippen LogP contribution in [0.3, 0.4) is 0 Å². The molecule has 0 aliphatic heterocycles. The van der Waals surface area contributed by atoms with Gasteiger partial charge in [-0.1, -0.05) is 31.4 Å². The average molecular weight is 290 g/mol. The Labute approximate surface area is 127 Å². The molecule has 0 aromatic heterocycles. The molecule has 21 heavy (non-hydrogen) atoms. The van der Waals surface area contributed by atoms with Crippen LogP contribution in [-0.2, 0) is 11.2 Å². The Kier molecular flexibility index (Phi) is 4.51. The van der Waals surface area contributed by atoms with E-state index in [1.54, 1.807) is 7.11 Å². The highest BCUT2D eigenvalue weighted by atomic mass is 16.5. The minimum atomic E-state index is -0.163. The highest BCUT2D eigenvalue weighted by Crippen LogP contribution is 2.53. The van der Waals surface area contributed by atoms with E-state index < -0.39 is 0 Å². The lowest BCUT2D eigenvalue weighted by Gasteiger charge is -2.55. The number of aliphatic hydroxyl groups is 1. The molecular weight excluding hydrogens is 264 g/mol. The van der Waals surface area contributed by atoms with Gasteiger partial charge in [-0.05, 0) is 37.0 Å². The SMILES string of the molecule is COCCc1ccc(OC2CC(O)C23CCCCC3)cc1. The van der Waals surface area contributed by atoms with Crippen LogP contribution in [0.15, 0.2) is 24.3 Å². The van der Waals surface area contributed by atoms with E-state index >= 15 is 0 Å². The van der Waals surface area contributed by atoms with Gasteiger partial charge in [0.2, 0.25) is 0 Å². The zero-order valence-electron chi connectivity index (χ0n) is 12.9. The summed E-state index contributed by atoms with van der Waals surface area (Å²) in [7, 11) is 1.73. The molecule has 1 aromatic carbocycles. The van der Waals surface area contributed by atoms with Crippen LogP contribution in [0.4, 0.5) is 0 Å². The number of rotatable bonds is 5. The van der Waals surface area contributed by atoms with E-state index in [-0.39, 0.29) is 17.6 Å². The smallest absolute Gasteiger partial charge is 0.119 e. The summed E-state index contributed by atoms with van der Waals surface area (Å²) >= 11 is 0. The first kappa shape index (κ1) is 14.9. The maximum atomic E-state index is 10.2. The number of benzene rings is 1. The lowest BCUT2D eigenvalue weighted by molar-refractivity contribution is -0.172. The van der Waals surface area contributed by atoms with Crippen molar-refractivity contribution < 1.29 is 14.6 Å². The van der Waals surface area contributed by atoms with E-state index in [4.69, 9.17) is 9.47 Å². The van der Waals surface area contributed by atoms with Gasteiger partial charge < -0.3 is 14.6 Å². The van der Waals surface area contributed by atoms with Gasteiger partial charge in [-0.15, -0.1) is 0 Å². The van der Waals surface area contributed by atoms with Gasteiger partial charge in [0.25, 0.3) is 0 Å². The predicted octanol–water partition coefficient (Wildman–Crippen LogP) is 3.34. The number of aliphatic hydroxyl groups excluding tert-OH is 1. The molecular formula is C18H26O3. The average Bonchev–Trinajstić information content (AvgIpc) is 2.54. The van der Waals surface area contributed by atoms with Crippen LogP contribution in [0.5, 0.6) is 5.75 Å². The molecule has 3 rings (SSSR count). The number of hydrogen-bond donors (Lipinski definition) is 1. The molecule has 1 aromatic rings. The van der Waals surface area contributed by atoms with Crippen LogP contribution in [-0.4, -0.2) is 31.0 Å². The second-order valence-corrected chi connectivity index (χ2v) is 6.54. The van der Waals surface area contributed by atoms with Gasteiger partial charge in [-0.3, -0.25) is 0 Å². The number of methoxy groups -OCH3 is 1. The first-order chi connectivity index (χ1) is 10.2. The van der Waals surface area contributed by atoms with Crippen molar-refractivity contribution in [1.82, 2.24) is 0 Å². The summed E-state index contributed by atoms with van der Waals surface area (Å²) in [5.41, 5.74) is 1.30. The molecule has 1 spiro atoms. The van der Waals surface area contributed by atoms with Crippen molar-refractivity contribution in [1.29, 1.82) is 0 Å². The van der Waals surface area contributed by atoms with Crippen LogP contribution < -0.4 is 4.74 Å². The van der Waals surface area contributed by atoms with E-state index in [1.807, 2.05) is 12.1 Å². The first-order valence-electron chi connectivity index (χ1n) is 8.17. The maximum absolute atomic E-state index is 10.2. The highest BCUT2D eigenvalue weighted by molar-refractivity contribution is 5.28. The van der Waals surface area contributed by atoms with Crippen molar-refractivity contribution in [3.8, 4) is 5.75 Å². The number of hydrogen-bond acceptors (Lipinski definition) is 3. The lowest BCUT2D eigenvalue weighted by Crippen LogP contribution is -2.60. The van der Waals surface area contributed by atoms with E-state index in [0.29, 0.717) is 0 Å². The molecule has 2 atom stereocenters. The van der Waals surface area contributed by atoms with Gasteiger partial charge in [0.05, 0.1) is 12.7 Å². The molecule has 1 N–H and O–H groups in total. The molecule has 0 amide bonds. The van der Waals surface area contributed by atoms with Crippen molar-refractivity contribution >= 4 is 0 Å². The Morgan fingerprint density at radius 2 is 1.86 bits per heavy atom. The minimum absolute atomic E-state index is 0.0347. The third-order valence-electron chi connectivity index (χ3n) is 5.32. The van der Waals surface area contributed by atoms with Crippen LogP contribution >= 0.6 is 0 Å². The van der Waals surface area contributed by atoms with Gasteiger partial charge in [-0.25, -0.2) is 0 Å². The summed E-state index contributed by atoms with van der Waals surface area (Å²) < 4.78 is 11.3. The molecule has 0 saturated heterocycles. The summed E-state index contributed by atoms with van der Waals surface area (Å²) in [6, 6.07) is 8.31. The van der Waals surface area contributed by atoms with Crippen molar-refractivity contribution in [2.45, 2.75) is 57.2 Å². The fourth-order valence-electron chi connectivity index (χ4n) is 3.88. The van der Waals surface area contributed by atoms with Crippen LogP contribution in [0.1, 0.15) is 44.1 Å². The van der Waals surface area contributed by atoms with Gasteiger partial charge in [0, 0.05) is 18.9 Å². The van der Waals surface area contributed by atoms with Crippen LogP contribution in [0.2, 0.25) is 0 Å². The number of ether oxygens (including phenoxy) is 2. The predicted molar refractivity (Wildman–Crippen MR) is 82.6 cm³/mol. The van der Waals surface area contributed by atoms with Gasteiger partial charge in [0.15, 0.2) is 0 Å². The van der Waals surface area contributed by atoms with Crippen molar-refractivity contribution in [2.75, 3.05) is 13.7 Å². The van der Waals surface area contributed by atoms with Crippen LogP contribution in [0.25, 0.3) is 0 Å². The fraction of sp³-hybridized carbons (Fsp3) is 0.667. The highest BCUT2D eigenvalue weighted by Gasteiger charge is 2.56. The minimum Gasteiger partial charge on any atom is -0.490 e. The summed E-state index contributed by atoms with van der Waals surface area (Å²) in [6.45, 7) is 0.748. The Morgan fingerprint density at radius 3 is 2.48 bits per heavy atom. The Hall–Kier alpha value is -1.06. The second-order valence-electron chi connectivity index (χ2n) is 6.54. The third-order valence-corrected chi connectivity index (χ3v) is 5.32. The summed E-state index contributed by atoms with van der Waals surface area (Å²) in [5, 5.41) is 10.2. The van der Waals surface area contributed by atoms with Crippen LogP contribution in [0, 0.1) is 5.41 Å². The standard InChI is InChI=1S/C18H26O3/c1-20-12-9-14-5-7-15(8-6-14)21-17-13-16(19)18(17)10-3-2-4-11-18/h5-8,16-17,19H,2-4,9-13H2,1H3. The Morgan fingerprint density at radius 1 is 1.14 bits per heavy atom. The van der Waals surface area contributed by atoms with E-state index in [2.05, 4.69) is 12.1 Å². The van der Waals surface area contributed by atoms with Crippen molar-refractivity contribution in [2.24, 2.45) is 5.41 Å². The summed E-state index contributed by atoms with van der Waals surface area (Å²) in [6.07, 6.45) is 7.74. The van der Waals surface area contributed by atoms with Gasteiger partial charge >= 0.3 is 0 Å². The molecule has 0 heterocycles. The van der Waals surface area contributed by atoms with Gasteiger partial charge in [0.1, 0.15) is 11.9 Å². The molecule has 2 aliphatic rings. The first-order valence-corrected chi connectivity index (χ1v) is 8.17. The maximum Gasteiger partial charge on any atom is 0.119 e. The van der Waals surface area contributed by atoms with Gasteiger partial charge in [-0.2, -0.15) is 0 Å². The topological polar surface area (TPSA) is 38.7 Å². The normalized spacial score (nSPS) is 27.3. The van der Waals surface area contributed by atoms with E-state index in [9.17, 15) is 5.11 Å².